The van der Waals surface area contributed by atoms with E-state index in [0.717, 1.165) is 0 Å². The van der Waals surface area contributed by atoms with Crippen LogP contribution in [-0.4, -0.2) is 61.2 Å². The second-order valence-electron chi connectivity index (χ2n) is 6.81. The monoisotopic (exact) mass is 452 g/mol. The third-order valence-electron chi connectivity index (χ3n) is 4.78. The number of non-ortho nitro benzene ring substituents is 1. The third kappa shape index (κ3) is 5.54. The van der Waals surface area contributed by atoms with Crippen LogP contribution in [0.5, 0.6) is 0 Å². The average Bonchev–Trinajstić information content (AvgIpc) is 2.73. The summed E-state index contributed by atoms with van der Waals surface area (Å²) in [6.45, 7) is 2.15. The predicted octanol–water partition coefficient (Wildman–Crippen LogP) is 2.58. The molecule has 9 nitrogen and oxygen atoms in total. The maximum absolute atomic E-state index is 12.7. The molecule has 1 saturated heterocycles. The van der Waals surface area contributed by atoms with Gasteiger partial charge in [-0.25, -0.2) is 8.42 Å². The number of hydrogen-bond donors (Lipinski definition) is 1. The fraction of sp³-hybridized carbons (Fsp3) is 0.316. The minimum Gasteiger partial charge on any atom is -0.326 e. The van der Waals surface area contributed by atoms with Crippen molar-refractivity contribution in [3.05, 3.63) is 63.7 Å². The van der Waals surface area contributed by atoms with Gasteiger partial charge in [-0.05, 0) is 30.3 Å². The zero-order valence-corrected chi connectivity index (χ0v) is 17.6. The molecule has 0 radical (unpaired) electrons. The van der Waals surface area contributed by atoms with Crippen molar-refractivity contribution in [3.63, 3.8) is 0 Å². The summed E-state index contributed by atoms with van der Waals surface area (Å²) >= 11 is 5.82. The van der Waals surface area contributed by atoms with Crippen LogP contribution in [-0.2, 0) is 14.8 Å². The van der Waals surface area contributed by atoms with E-state index in [1.165, 1.54) is 34.6 Å². The van der Waals surface area contributed by atoms with Gasteiger partial charge in [-0.3, -0.25) is 14.9 Å². The first-order chi connectivity index (χ1) is 14.3. The van der Waals surface area contributed by atoms with E-state index in [4.69, 9.17) is 11.6 Å². The molecule has 0 aromatic heterocycles. The van der Waals surface area contributed by atoms with E-state index in [9.17, 15) is 23.3 Å². The molecule has 1 aliphatic heterocycles. The first-order valence-corrected chi connectivity index (χ1v) is 11.1. The van der Waals surface area contributed by atoms with Crippen molar-refractivity contribution in [3.8, 4) is 0 Å². The van der Waals surface area contributed by atoms with E-state index < -0.39 is 14.9 Å². The maximum atomic E-state index is 12.7. The van der Waals surface area contributed by atoms with Crippen molar-refractivity contribution in [2.75, 3.05) is 38.0 Å². The van der Waals surface area contributed by atoms with Gasteiger partial charge in [0.25, 0.3) is 5.69 Å². The number of nitrogens with zero attached hydrogens (tertiary/aromatic N) is 3. The second kappa shape index (κ2) is 9.52. The van der Waals surface area contributed by atoms with Crippen molar-refractivity contribution in [1.29, 1.82) is 0 Å². The molecular weight excluding hydrogens is 432 g/mol. The van der Waals surface area contributed by atoms with Gasteiger partial charge >= 0.3 is 0 Å². The summed E-state index contributed by atoms with van der Waals surface area (Å²) in [7, 11) is -3.57. The number of sulfonamides is 1. The smallest absolute Gasteiger partial charge is 0.271 e. The molecule has 11 heteroatoms. The minimum atomic E-state index is -3.57. The lowest BCUT2D eigenvalue weighted by molar-refractivity contribution is -0.384. The fourth-order valence-corrected chi connectivity index (χ4v) is 4.68. The normalized spacial score (nSPS) is 15.6. The summed E-state index contributed by atoms with van der Waals surface area (Å²) in [5, 5.41) is 13.9. The highest BCUT2D eigenvalue weighted by atomic mass is 35.5. The molecule has 30 heavy (non-hydrogen) atoms. The van der Waals surface area contributed by atoms with Gasteiger partial charge in [-0.15, -0.1) is 0 Å². The zero-order chi connectivity index (χ0) is 21.7. The number of carbonyl (C=O) groups excluding carboxylic acids is 1. The number of hydrogen-bond acceptors (Lipinski definition) is 6. The second-order valence-corrected chi connectivity index (χ2v) is 9.18. The molecular formula is C19H21ClN4O5S. The van der Waals surface area contributed by atoms with Gasteiger partial charge in [-0.2, -0.15) is 4.31 Å². The van der Waals surface area contributed by atoms with E-state index >= 15 is 0 Å². The molecule has 2 aromatic rings. The number of piperazine rings is 1. The lowest BCUT2D eigenvalue weighted by Gasteiger charge is -2.33. The Kier molecular flexibility index (Phi) is 7.03. The summed E-state index contributed by atoms with van der Waals surface area (Å²) in [6.07, 6.45) is 0.201. The Morgan fingerprint density at radius 1 is 1.10 bits per heavy atom. The van der Waals surface area contributed by atoms with Crippen LogP contribution in [0.4, 0.5) is 11.4 Å². The molecule has 0 bridgehead atoms. The van der Waals surface area contributed by atoms with Gasteiger partial charge in [-0.1, -0.05) is 17.7 Å². The van der Waals surface area contributed by atoms with Gasteiger partial charge in [0, 0.05) is 62.0 Å². The van der Waals surface area contributed by atoms with Crippen LogP contribution in [0.2, 0.25) is 5.02 Å². The minimum absolute atomic E-state index is 0.0918. The first kappa shape index (κ1) is 22.2. The standard InChI is InChI=1S/C19H21ClN4O5S/c20-15-4-6-18(7-5-15)30(28,29)23-12-10-22(11-13-23)9-8-19(25)21-16-2-1-3-17(14-16)24(26)27/h1-7,14H,8-13H2,(H,21,25). The van der Waals surface area contributed by atoms with Crippen molar-refractivity contribution in [1.82, 2.24) is 9.21 Å². The van der Waals surface area contributed by atoms with Crippen molar-refractivity contribution in [2.24, 2.45) is 0 Å². The average molecular weight is 453 g/mol. The number of amides is 1. The summed E-state index contributed by atoms with van der Waals surface area (Å²) in [6, 6.07) is 11.8. The van der Waals surface area contributed by atoms with E-state index in [-0.39, 0.29) is 22.9 Å². The van der Waals surface area contributed by atoms with Crippen molar-refractivity contribution in [2.45, 2.75) is 11.3 Å². The molecule has 1 fully saturated rings. The summed E-state index contributed by atoms with van der Waals surface area (Å²) in [4.78, 5) is 24.7. The van der Waals surface area contributed by atoms with Crippen LogP contribution in [0.1, 0.15) is 6.42 Å². The quantitative estimate of drug-likeness (QED) is 0.510. The molecule has 0 saturated carbocycles. The Morgan fingerprint density at radius 3 is 2.40 bits per heavy atom. The first-order valence-electron chi connectivity index (χ1n) is 9.28. The molecule has 160 valence electrons. The van der Waals surface area contributed by atoms with Crippen LogP contribution in [0.3, 0.4) is 0 Å². The molecule has 1 heterocycles. The Morgan fingerprint density at radius 2 is 1.77 bits per heavy atom. The van der Waals surface area contributed by atoms with Crippen LogP contribution in [0.15, 0.2) is 53.4 Å². The van der Waals surface area contributed by atoms with Crippen LogP contribution >= 0.6 is 11.6 Å². The van der Waals surface area contributed by atoms with Crippen molar-refractivity contribution < 1.29 is 18.1 Å². The molecule has 3 rings (SSSR count). The maximum Gasteiger partial charge on any atom is 0.271 e. The number of carbonyl (C=O) groups is 1. The molecule has 1 amide bonds. The van der Waals surface area contributed by atoms with Gasteiger partial charge in [0.05, 0.1) is 9.82 Å². The Bertz CT molecular complexity index is 1020. The number of nitro benzene ring substituents is 1. The number of anilines is 1. The van der Waals surface area contributed by atoms with Gasteiger partial charge in [0.2, 0.25) is 15.9 Å². The third-order valence-corrected chi connectivity index (χ3v) is 6.94. The number of halogens is 1. The number of benzene rings is 2. The molecule has 0 aliphatic carbocycles. The molecule has 1 aliphatic rings. The Labute approximate surface area is 179 Å². The predicted molar refractivity (Wildman–Crippen MR) is 113 cm³/mol. The highest BCUT2D eigenvalue weighted by Gasteiger charge is 2.28. The topological polar surface area (TPSA) is 113 Å². The van der Waals surface area contributed by atoms with Crippen LogP contribution < -0.4 is 5.32 Å². The van der Waals surface area contributed by atoms with Crippen molar-refractivity contribution >= 4 is 38.9 Å². The van der Waals surface area contributed by atoms with E-state index in [0.29, 0.717) is 43.4 Å². The van der Waals surface area contributed by atoms with E-state index in [1.54, 1.807) is 18.2 Å². The highest BCUT2D eigenvalue weighted by molar-refractivity contribution is 7.89. The van der Waals surface area contributed by atoms with Gasteiger partial charge < -0.3 is 10.2 Å². The summed E-state index contributed by atoms with van der Waals surface area (Å²) < 4.78 is 26.8. The lowest BCUT2D eigenvalue weighted by atomic mass is 10.2. The molecule has 2 aromatic carbocycles. The van der Waals surface area contributed by atoms with E-state index in [2.05, 4.69) is 5.32 Å². The Balaban J connectivity index is 1.48. The molecule has 1 N–H and O–H groups in total. The molecule has 0 unspecified atom stereocenters. The largest absolute Gasteiger partial charge is 0.326 e. The highest BCUT2D eigenvalue weighted by Crippen LogP contribution is 2.20. The molecule has 0 spiro atoms. The van der Waals surface area contributed by atoms with E-state index in [1.807, 2.05) is 4.90 Å². The summed E-state index contributed by atoms with van der Waals surface area (Å²) in [5.41, 5.74) is 0.277. The Hall–Kier alpha value is -2.53. The van der Waals surface area contributed by atoms with Crippen LogP contribution in [0, 0.1) is 10.1 Å². The number of nitrogens with one attached hydrogen (secondary N) is 1. The van der Waals surface area contributed by atoms with Crippen LogP contribution in [0.25, 0.3) is 0 Å². The summed E-state index contributed by atoms with van der Waals surface area (Å²) in [5.74, 6) is -0.258. The lowest BCUT2D eigenvalue weighted by Crippen LogP contribution is -2.49. The zero-order valence-electron chi connectivity index (χ0n) is 16.0. The van der Waals surface area contributed by atoms with Gasteiger partial charge in [0.1, 0.15) is 0 Å². The number of rotatable bonds is 7. The SMILES string of the molecule is O=C(CCN1CCN(S(=O)(=O)c2ccc(Cl)cc2)CC1)Nc1cccc([N+](=O)[O-])c1. The molecule has 0 atom stereocenters. The number of nitro groups is 1. The van der Waals surface area contributed by atoms with Gasteiger partial charge in [0.15, 0.2) is 0 Å². The fourth-order valence-electron chi connectivity index (χ4n) is 3.13.